The minimum atomic E-state index is -4.27. The highest BCUT2D eigenvalue weighted by Gasteiger charge is 2.35. The number of aryl methyl sites for hydroxylation is 1. The third-order valence-corrected chi connectivity index (χ3v) is 8.65. The van der Waals surface area contributed by atoms with E-state index in [9.17, 15) is 22.4 Å². The van der Waals surface area contributed by atoms with Crippen LogP contribution < -0.4 is 9.62 Å². The van der Waals surface area contributed by atoms with Crippen molar-refractivity contribution in [3.8, 4) is 0 Å². The summed E-state index contributed by atoms with van der Waals surface area (Å²) in [5.41, 5.74) is 2.32. The molecule has 0 aliphatic rings. The Morgan fingerprint density at radius 1 is 0.927 bits per heavy atom. The van der Waals surface area contributed by atoms with Crippen LogP contribution >= 0.6 is 0 Å². The van der Waals surface area contributed by atoms with E-state index in [1.54, 1.807) is 0 Å². The van der Waals surface area contributed by atoms with E-state index in [4.69, 9.17) is 0 Å². The van der Waals surface area contributed by atoms with Crippen LogP contribution in [-0.4, -0.2) is 62.7 Å². The second-order valence-corrected chi connectivity index (χ2v) is 12.1. The summed E-state index contributed by atoms with van der Waals surface area (Å²) in [6.45, 7) is 3.75. The summed E-state index contributed by atoms with van der Waals surface area (Å²) in [7, 11) is -1.63. The molecule has 1 N–H and O–H groups in total. The Morgan fingerprint density at radius 3 is 2.20 bits per heavy atom. The summed E-state index contributed by atoms with van der Waals surface area (Å²) in [5, 5.41) is 2.95. The average molecular weight is 583 g/mol. The number of hydrogen-bond donors (Lipinski definition) is 1. The van der Waals surface area contributed by atoms with Gasteiger partial charge in [0.05, 0.1) is 5.69 Å². The largest absolute Gasteiger partial charge is 0.354 e. The van der Waals surface area contributed by atoms with Crippen LogP contribution in [0.3, 0.4) is 0 Å². The number of rotatable bonds is 14. The van der Waals surface area contributed by atoms with Crippen molar-refractivity contribution in [2.24, 2.45) is 0 Å². The number of amides is 2. The number of carbonyl (C=O) groups excluding carboxylic acids is 2. The van der Waals surface area contributed by atoms with Crippen LogP contribution in [0.4, 0.5) is 10.1 Å². The van der Waals surface area contributed by atoms with Gasteiger partial charge in [0, 0.05) is 33.6 Å². The number of hydrogen-bond acceptors (Lipinski definition) is 4. The molecule has 0 saturated heterocycles. The molecule has 0 radical (unpaired) electrons. The Morgan fingerprint density at radius 2 is 1.56 bits per heavy atom. The molecule has 10 heteroatoms. The van der Waals surface area contributed by atoms with Crippen molar-refractivity contribution in [3.05, 3.63) is 101 Å². The SMILES string of the molecule is CCCCNC(=O)C(Cc1ccccc1)N(Cc1ccccc1C)C(=O)CN(c1ccccc1F)S(=O)(=O)N(C)C. The lowest BCUT2D eigenvalue weighted by molar-refractivity contribution is -0.140. The summed E-state index contributed by atoms with van der Waals surface area (Å²) in [6, 6.07) is 21.3. The monoisotopic (exact) mass is 582 g/mol. The maximum Gasteiger partial charge on any atom is 0.304 e. The third kappa shape index (κ3) is 8.37. The third-order valence-electron chi connectivity index (χ3n) is 6.84. The molecule has 8 nitrogen and oxygen atoms in total. The molecule has 0 bridgehead atoms. The molecular formula is C31H39FN4O4S. The van der Waals surface area contributed by atoms with E-state index in [1.165, 1.54) is 37.2 Å². The average Bonchev–Trinajstić information content (AvgIpc) is 2.95. The van der Waals surface area contributed by atoms with Gasteiger partial charge >= 0.3 is 10.2 Å². The lowest BCUT2D eigenvalue weighted by Gasteiger charge is -2.34. The van der Waals surface area contributed by atoms with Gasteiger partial charge in [-0.15, -0.1) is 0 Å². The number of nitrogens with one attached hydrogen (secondary N) is 1. The summed E-state index contributed by atoms with van der Waals surface area (Å²) in [6.07, 6.45) is 1.88. The number of unbranched alkanes of at least 4 members (excludes halogenated alkanes) is 1. The molecular weight excluding hydrogens is 543 g/mol. The summed E-state index contributed by atoms with van der Waals surface area (Å²) in [5.74, 6) is -1.75. The fourth-order valence-corrected chi connectivity index (χ4v) is 5.45. The maximum absolute atomic E-state index is 14.9. The van der Waals surface area contributed by atoms with E-state index in [0.717, 1.165) is 44.2 Å². The molecule has 3 aromatic rings. The van der Waals surface area contributed by atoms with Gasteiger partial charge in [-0.1, -0.05) is 80.1 Å². The molecule has 2 amide bonds. The van der Waals surface area contributed by atoms with E-state index in [0.29, 0.717) is 6.54 Å². The summed E-state index contributed by atoms with van der Waals surface area (Å²) in [4.78, 5) is 29.3. The molecule has 0 heterocycles. The predicted molar refractivity (Wildman–Crippen MR) is 160 cm³/mol. The van der Waals surface area contributed by atoms with Gasteiger partial charge in [0.15, 0.2) is 0 Å². The molecule has 0 aliphatic heterocycles. The van der Waals surface area contributed by atoms with Crippen LogP contribution in [0.25, 0.3) is 0 Å². The van der Waals surface area contributed by atoms with Crippen LogP contribution in [0.15, 0.2) is 78.9 Å². The number of carbonyl (C=O) groups is 2. The van der Waals surface area contributed by atoms with Crippen LogP contribution in [0.5, 0.6) is 0 Å². The second-order valence-electron chi connectivity index (χ2n) is 10.0. The Hall–Kier alpha value is -3.76. The van der Waals surface area contributed by atoms with Crippen molar-refractivity contribution in [2.75, 3.05) is 31.5 Å². The first-order valence-electron chi connectivity index (χ1n) is 13.7. The first-order chi connectivity index (χ1) is 19.6. The lowest BCUT2D eigenvalue weighted by atomic mass is 10.0. The summed E-state index contributed by atoms with van der Waals surface area (Å²) < 4.78 is 43.3. The Labute approximate surface area is 243 Å². The van der Waals surface area contributed by atoms with Crippen molar-refractivity contribution in [3.63, 3.8) is 0 Å². The minimum Gasteiger partial charge on any atom is -0.354 e. The van der Waals surface area contributed by atoms with E-state index < -0.39 is 34.5 Å². The van der Waals surface area contributed by atoms with Gasteiger partial charge in [0.2, 0.25) is 11.8 Å². The molecule has 1 atom stereocenters. The van der Waals surface area contributed by atoms with Crippen molar-refractivity contribution in [2.45, 2.75) is 45.7 Å². The normalized spacial score (nSPS) is 12.1. The van der Waals surface area contributed by atoms with Gasteiger partial charge in [-0.25, -0.2) is 8.70 Å². The topological polar surface area (TPSA) is 90.0 Å². The molecule has 0 aliphatic carbocycles. The Bertz CT molecular complexity index is 1420. The Balaban J connectivity index is 2.09. The highest BCUT2D eigenvalue weighted by molar-refractivity contribution is 7.90. The molecule has 1 unspecified atom stereocenters. The predicted octanol–water partition coefficient (Wildman–Crippen LogP) is 4.30. The molecule has 3 rings (SSSR count). The summed E-state index contributed by atoms with van der Waals surface area (Å²) >= 11 is 0. The first-order valence-corrected chi connectivity index (χ1v) is 15.1. The lowest BCUT2D eigenvalue weighted by Crippen LogP contribution is -2.54. The van der Waals surface area contributed by atoms with E-state index >= 15 is 0 Å². The van der Waals surface area contributed by atoms with Crippen molar-refractivity contribution in [1.29, 1.82) is 0 Å². The van der Waals surface area contributed by atoms with Crippen LogP contribution in [0.1, 0.15) is 36.5 Å². The van der Waals surface area contributed by atoms with Crippen molar-refractivity contribution >= 4 is 27.7 Å². The quantitative estimate of drug-likeness (QED) is 0.287. The van der Waals surface area contributed by atoms with E-state index in [-0.39, 0.29) is 24.6 Å². The molecule has 0 aromatic heterocycles. The zero-order valence-corrected chi connectivity index (χ0v) is 24.9. The number of benzene rings is 3. The zero-order chi connectivity index (χ0) is 30.0. The van der Waals surface area contributed by atoms with Crippen molar-refractivity contribution < 1.29 is 22.4 Å². The Kier molecular flexibility index (Phi) is 11.4. The molecule has 220 valence electrons. The van der Waals surface area contributed by atoms with Gasteiger partial charge in [0.25, 0.3) is 0 Å². The maximum atomic E-state index is 14.9. The number of halogens is 1. The van der Waals surface area contributed by atoms with E-state index in [2.05, 4.69) is 5.32 Å². The highest BCUT2D eigenvalue weighted by Crippen LogP contribution is 2.24. The first kappa shape index (κ1) is 31.8. The van der Waals surface area contributed by atoms with Crippen LogP contribution in [0, 0.1) is 12.7 Å². The molecule has 0 spiro atoms. The minimum absolute atomic E-state index is 0.0668. The molecule has 3 aromatic carbocycles. The number of para-hydroxylation sites is 1. The van der Waals surface area contributed by atoms with Crippen molar-refractivity contribution in [1.82, 2.24) is 14.5 Å². The molecule has 41 heavy (non-hydrogen) atoms. The van der Waals surface area contributed by atoms with Crippen LogP contribution in [-0.2, 0) is 32.8 Å². The smallest absolute Gasteiger partial charge is 0.304 e. The van der Waals surface area contributed by atoms with E-state index in [1.807, 2.05) is 68.4 Å². The molecule has 0 fully saturated rings. The molecule has 0 saturated carbocycles. The highest BCUT2D eigenvalue weighted by atomic mass is 32.2. The van der Waals surface area contributed by atoms with Gasteiger partial charge < -0.3 is 10.2 Å². The van der Waals surface area contributed by atoms with Crippen LogP contribution in [0.2, 0.25) is 0 Å². The zero-order valence-electron chi connectivity index (χ0n) is 24.1. The van der Waals surface area contributed by atoms with Gasteiger partial charge in [-0.05, 0) is 42.2 Å². The van der Waals surface area contributed by atoms with Gasteiger partial charge in [-0.3, -0.25) is 9.59 Å². The second kappa shape index (κ2) is 14.7. The fraction of sp³-hybridized carbons (Fsp3) is 0.355. The van der Waals surface area contributed by atoms with Gasteiger partial charge in [0.1, 0.15) is 18.4 Å². The van der Waals surface area contributed by atoms with Gasteiger partial charge in [-0.2, -0.15) is 12.7 Å². The number of nitrogens with zero attached hydrogens (tertiary/aromatic N) is 3. The fourth-order valence-electron chi connectivity index (χ4n) is 4.39. The number of anilines is 1. The standard InChI is InChI=1S/C31H39FN4O4S/c1-5-6-20-33-31(38)29(21-25-15-8-7-9-16-25)35(22-26-17-11-10-14-24(26)2)30(37)23-36(41(39,40)34(3)4)28-19-13-12-18-27(28)32/h7-19,29H,5-6,20-23H2,1-4H3,(H,33,38).